The van der Waals surface area contributed by atoms with Crippen molar-refractivity contribution in [1.82, 2.24) is 5.32 Å². The standard InChI is InChI=1S/C19H19N3O3/c1-25-17-9-5-2-6-13(17)18(23)20-12-10-16-19(24)21-14-7-3-4-8-15(14)22(16)11-12/h2-9,12,16H,10-11H2,1H3,(H,20,23)(H,21,24). The molecule has 1 saturated heterocycles. The summed E-state index contributed by atoms with van der Waals surface area (Å²) in [6.45, 7) is 0.607. The zero-order chi connectivity index (χ0) is 17.4. The lowest BCUT2D eigenvalue weighted by Gasteiger charge is -2.32. The maximum Gasteiger partial charge on any atom is 0.255 e. The molecule has 2 N–H and O–H groups in total. The van der Waals surface area contributed by atoms with E-state index in [-0.39, 0.29) is 23.9 Å². The molecule has 25 heavy (non-hydrogen) atoms. The van der Waals surface area contributed by atoms with Crippen LogP contribution in [0.5, 0.6) is 5.75 Å². The van der Waals surface area contributed by atoms with Crippen molar-refractivity contribution in [3.8, 4) is 5.75 Å². The Bertz CT molecular complexity index is 836. The van der Waals surface area contributed by atoms with Crippen molar-refractivity contribution in [1.29, 1.82) is 0 Å². The molecule has 2 aliphatic heterocycles. The van der Waals surface area contributed by atoms with Crippen molar-refractivity contribution in [2.45, 2.75) is 18.5 Å². The normalized spacial score (nSPS) is 21.2. The summed E-state index contributed by atoms with van der Waals surface area (Å²) >= 11 is 0. The summed E-state index contributed by atoms with van der Waals surface area (Å²) in [6, 6.07) is 14.5. The van der Waals surface area contributed by atoms with Gasteiger partial charge in [-0.25, -0.2) is 0 Å². The second kappa shape index (κ2) is 6.12. The van der Waals surface area contributed by atoms with Gasteiger partial charge in [0.1, 0.15) is 11.8 Å². The second-order valence-corrected chi connectivity index (χ2v) is 6.28. The van der Waals surface area contributed by atoms with Crippen LogP contribution >= 0.6 is 0 Å². The molecule has 0 saturated carbocycles. The van der Waals surface area contributed by atoms with Gasteiger partial charge in [-0.2, -0.15) is 0 Å². The van der Waals surface area contributed by atoms with E-state index >= 15 is 0 Å². The number of benzene rings is 2. The topological polar surface area (TPSA) is 70.7 Å². The maximum atomic E-state index is 12.6. The first-order valence-corrected chi connectivity index (χ1v) is 8.28. The van der Waals surface area contributed by atoms with E-state index in [1.807, 2.05) is 30.3 Å². The highest BCUT2D eigenvalue weighted by Crippen LogP contribution is 2.36. The van der Waals surface area contributed by atoms with Crippen LogP contribution in [-0.2, 0) is 4.79 Å². The number of hydrogen-bond donors (Lipinski definition) is 2. The average molecular weight is 337 g/mol. The van der Waals surface area contributed by atoms with Crippen LogP contribution in [0.2, 0.25) is 0 Å². The van der Waals surface area contributed by atoms with Gasteiger partial charge >= 0.3 is 0 Å². The zero-order valence-corrected chi connectivity index (χ0v) is 13.9. The van der Waals surface area contributed by atoms with Crippen molar-refractivity contribution < 1.29 is 14.3 Å². The number of fused-ring (bicyclic) bond motifs is 3. The Morgan fingerprint density at radius 3 is 2.80 bits per heavy atom. The molecule has 2 unspecified atom stereocenters. The maximum absolute atomic E-state index is 12.6. The summed E-state index contributed by atoms with van der Waals surface area (Å²) in [7, 11) is 1.54. The third-order valence-electron chi connectivity index (χ3n) is 4.76. The molecule has 0 bridgehead atoms. The van der Waals surface area contributed by atoms with Gasteiger partial charge in [-0.05, 0) is 30.7 Å². The fraction of sp³-hybridized carbons (Fsp3) is 0.263. The number of methoxy groups -OCH3 is 1. The van der Waals surface area contributed by atoms with Crippen LogP contribution in [0.4, 0.5) is 11.4 Å². The van der Waals surface area contributed by atoms with E-state index in [9.17, 15) is 9.59 Å². The highest BCUT2D eigenvalue weighted by atomic mass is 16.5. The number of amides is 2. The molecule has 0 spiro atoms. The van der Waals surface area contributed by atoms with Gasteiger partial charge in [-0.15, -0.1) is 0 Å². The van der Waals surface area contributed by atoms with Crippen LogP contribution < -0.4 is 20.3 Å². The molecule has 2 aromatic carbocycles. The first-order chi connectivity index (χ1) is 12.2. The minimum Gasteiger partial charge on any atom is -0.496 e. The van der Waals surface area contributed by atoms with Crippen molar-refractivity contribution in [2.24, 2.45) is 0 Å². The smallest absolute Gasteiger partial charge is 0.255 e. The Kier molecular flexibility index (Phi) is 3.80. The molecule has 6 nitrogen and oxygen atoms in total. The monoisotopic (exact) mass is 337 g/mol. The van der Waals surface area contributed by atoms with Gasteiger partial charge in [0.05, 0.1) is 24.0 Å². The molecule has 128 valence electrons. The molecule has 1 fully saturated rings. The molecular formula is C19H19N3O3. The van der Waals surface area contributed by atoms with E-state index in [1.54, 1.807) is 25.3 Å². The Labute approximate surface area is 145 Å². The van der Waals surface area contributed by atoms with Gasteiger partial charge in [-0.3, -0.25) is 9.59 Å². The fourth-order valence-electron chi connectivity index (χ4n) is 3.60. The summed E-state index contributed by atoms with van der Waals surface area (Å²) in [6.07, 6.45) is 0.584. The Balaban J connectivity index is 1.53. The first-order valence-electron chi connectivity index (χ1n) is 8.28. The lowest BCUT2D eigenvalue weighted by molar-refractivity contribution is -0.117. The predicted molar refractivity (Wildman–Crippen MR) is 95.1 cm³/mol. The van der Waals surface area contributed by atoms with Gasteiger partial charge < -0.3 is 20.3 Å². The molecule has 0 radical (unpaired) electrons. The average Bonchev–Trinajstić information content (AvgIpc) is 3.06. The number of para-hydroxylation sites is 3. The molecule has 0 aromatic heterocycles. The van der Waals surface area contributed by atoms with Crippen molar-refractivity contribution in [2.75, 3.05) is 23.9 Å². The van der Waals surface area contributed by atoms with Crippen LogP contribution in [0.25, 0.3) is 0 Å². The van der Waals surface area contributed by atoms with Crippen molar-refractivity contribution in [3.63, 3.8) is 0 Å². The Hall–Kier alpha value is -3.02. The van der Waals surface area contributed by atoms with E-state index in [4.69, 9.17) is 4.74 Å². The zero-order valence-electron chi connectivity index (χ0n) is 13.9. The summed E-state index contributed by atoms with van der Waals surface area (Å²) in [5, 5.41) is 5.98. The second-order valence-electron chi connectivity index (χ2n) is 6.28. The number of anilines is 2. The van der Waals surface area contributed by atoms with E-state index in [0.717, 1.165) is 11.4 Å². The van der Waals surface area contributed by atoms with Gasteiger partial charge in [0.2, 0.25) is 5.91 Å². The minimum atomic E-state index is -0.252. The summed E-state index contributed by atoms with van der Waals surface area (Å²) in [5.41, 5.74) is 2.32. The highest BCUT2D eigenvalue weighted by Gasteiger charge is 2.41. The largest absolute Gasteiger partial charge is 0.496 e. The first kappa shape index (κ1) is 15.5. The molecule has 2 heterocycles. The summed E-state index contributed by atoms with van der Waals surface area (Å²) in [4.78, 5) is 27.0. The molecule has 0 aliphatic carbocycles. The number of nitrogens with zero attached hydrogens (tertiary/aromatic N) is 1. The number of rotatable bonds is 3. The number of carbonyl (C=O) groups is 2. The summed E-state index contributed by atoms with van der Waals surface area (Å²) in [5.74, 6) is 0.336. The fourth-order valence-corrected chi connectivity index (χ4v) is 3.60. The van der Waals surface area contributed by atoms with Gasteiger partial charge in [0, 0.05) is 12.6 Å². The summed E-state index contributed by atoms with van der Waals surface area (Å²) < 4.78 is 5.25. The van der Waals surface area contributed by atoms with E-state index in [0.29, 0.717) is 24.3 Å². The number of carbonyl (C=O) groups excluding carboxylic acids is 2. The highest BCUT2D eigenvalue weighted by molar-refractivity contribution is 6.04. The van der Waals surface area contributed by atoms with Gasteiger partial charge in [-0.1, -0.05) is 24.3 Å². The van der Waals surface area contributed by atoms with Crippen LogP contribution in [0.3, 0.4) is 0 Å². The lowest BCUT2D eigenvalue weighted by Crippen LogP contribution is -2.44. The Morgan fingerprint density at radius 1 is 1.20 bits per heavy atom. The van der Waals surface area contributed by atoms with E-state index in [1.165, 1.54) is 0 Å². The predicted octanol–water partition coefficient (Wildman–Crippen LogP) is 2.02. The van der Waals surface area contributed by atoms with E-state index < -0.39 is 0 Å². The Morgan fingerprint density at radius 2 is 1.96 bits per heavy atom. The number of nitrogens with one attached hydrogen (secondary N) is 2. The number of ether oxygens (including phenoxy) is 1. The quantitative estimate of drug-likeness (QED) is 0.899. The van der Waals surface area contributed by atoms with Crippen molar-refractivity contribution >= 4 is 23.2 Å². The van der Waals surface area contributed by atoms with Crippen LogP contribution in [0.1, 0.15) is 16.8 Å². The van der Waals surface area contributed by atoms with Gasteiger partial charge in [0.25, 0.3) is 5.91 Å². The van der Waals surface area contributed by atoms with Crippen LogP contribution in [-0.4, -0.2) is 37.6 Å². The van der Waals surface area contributed by atoms with Crippen LogP contribution in [0, 0.1) is 0 Å². The lowest BCUT2D eigenvalue weighted by atomic mass is 10.1. The van der Waals surface area contributed by atoms with E-state index in [2.05, 4.69) is 15.5 Å². The third-order valence-corrected chi connectivity index (χ3v) is 4.76. The van der Waals surface area contributed by atoms with Gasteiger partial charge in [0.15, 0.2) is 0 Å². The molecule has 2 atom stereocenters. The van der Waals surface area contributed by atoms with Crippen LogP contribution in [0.15, 0.2) is 48.5 Å². The third kappa shape index (κ3) is 2.69. The van der Waals surface area contributed by atoms with Crippen molar-refractivity contribution in [3.05, 3.63) is 54.1 Å². The molecular weight excluding hydrogens is 318 g/mol. The molecule has 2 aliphatic rings. The SMILES string of the molecule is COc1ccccc1C(=O)NC1CC2C(=O)Nc3ccccc3N2C1. The molecule has 6 heteroatoms. The molecule has 4 rings (SSSR count). The number of hydrogen-bond acceptors (Lipinski definition) is 4. The molecule has 2 aromatic rings. The minimum absolute atomic E-state index is 0.0206. The molecule has 2 amide bonds.